The molecule has 2 unspecified atom stereocenters. The average molecular weight is 248 g/mol. The zero-order chi connectivity index (χ0) is 13.1. The van der Waals surface area contributed by atoms with E-state index in [1.54, 1.807) is 6.92 Å². The molecule has 0 radical (unpaired) electrons. The molecule has 0 aliphatic rings. The molecular formula is C14H20N2O2. The van der Waals surface area contributed by atoms with Gasteiger partial charge in [-0.1, -0.05) is 12.1 Å². The van der Waals surface area contributed by atoms with Gasteiger partial charge in [0.1, 0.15) is 5.52 Å². The molecule has 1 aromatic carbocycles. The van der Waals surface area contributed by atoms with Crippen LogP contribution in [0.5, 0.6) is 0 Å². The number of oxazole rings is 1. The van der Waals surface area contributed by atoms with Gasteiger partial charge in [0, 0.05) is 6.54 Å². The van der Waals surface area contributed by atoms with Crippen molar-refractivity contribution in [2.75, 3.05) is 13.6 Å². The van der Waals surface area contributed by atoms with E-state index in [4.69, 9.17) is 4.42 Å². The van der Waals surface area contributed by atoms with Crippen LogP contribution in [0.3, 0.4) is 0 Å². The smallest absolute Gasteiger partial charge is 0.212 e. The van der Waals surface area contributed by atoms with Crippen LogP contribution in [-0.2, 0) is 0 Å². The Bertz CT molecular complexity index is 474. The highest BCUT2D eigenvalue weighted by atomic mass is 16.3. The Balaban J connectivity index is 2.10. The summed E-state index contributed by atoms with van der Waals surface area (Å²) in [6.07, 6.45) is 0.476. The number of rotatable bonds is 5. The van der Waals surface area contributed by atoms with Crippen LogP contribution in [0.2, 0.25) is 0 Å². The first-order chi connectivity index (χ1) is 8.58. The van der Waals surface area contributed by atoms with E-state index >= 15 is 0 Å². The minimum atomic E-state index is -0.275. The highest BCUT2D eigenvalue weighted by molar-refractivity contribution is 5.72. The standard InChI is InChI=1S/C14H20N2O2/c1-10(17)8-9-16(3)11(2)14-15-12-6-4-5-7-13(12)18-14/h4-7,10-11,17H,8-9H2,1-3H3. The van der Waals surface area contributed by atoms with Gasteiger partial charge in [-0.25, -0.2) is 4.98 Å². The van der Waals surface area contributed by atoms with Crippen molar-refractivity contribution in [1.29, 1.82) is 0 Å². The SMILES string of the molecule is CC(O)CCN(C)C(C)c1nc2ccccc2o1. The van der Waals surface area contributed by atoms with Crippen LogP contribution in [0.15, 0.2) is 28.7 Å². The second-order valence-electron chi connectivity index (χ2n) is 4.81. The number of aliphatic hydroxyl groups is 1. The molecule has 0 saturated carbocycles. The summed E-state index contributed by atoms with van der Waals surface area (Å²) in [6, 6.07) is 7.88. The normalized spacial score (nSPS) is 15.2. The minimum absolute atomic E-state index is 0.108. The van der Waals surface area contributed by atoms with E-state index in [0.29, 0.717) is 0 Å². The summed E-state index contributed by atoms with van der Waals surface area (Å²) in [7, 11) is 2.02. The number of aromatic nitrogens is 1. The molecule has 0 spiro atoms. The Kier molecular flexibility index (Phi) is 3.99. The van der Waals surface area contributed by atoms with Crippen molar-refractivity contribution in [2.45, 2.75) is 32.4 Å². The van der Waals surface area contributed by atoms with Crippen LogP contribution >= 0.6 is 0 Å². The van der Waals surface area contributed by atoms with Crippen molar-refractivity contribution < 1.29 is 9.52 Å². The molecule has 0 fully saturated rings. The molecule has 2 rings (SSSR count). The summed E-state index contributed by atoms with van der Waals surface area (Å²) in [4.78, 5) is 6.63. The summed E-state index contributed by atoms with van der Waals surface area (Å²) in [5, 5.41) is 9.30. The molecule has 18 heavy (non-hydrogen) atoms. The van der Waals surface area contributed by atoms with Crippen LogP contribution in [0.4, 0.5) is 0 Å². The van der Waals surface area contributed by atoms with Crippen molar-refractivity contribution in [2.24, 2.45) is 0 Å². The molecule has 2 aromatic rings. The lowest BCUT2D eigenvalue weighted by molar-refractivity contribution is 0.146. The van der Waals surface area contributed by atoms with Gasteiger partial charge in [-0.2, -0.15) is 0 Å². The molecule has 0 aliphatic carbocycles. The maximum Gasteiger partial charge on any atom is 0.212 e. The fraction of sp³-hybridized carbons (Fsp3) is 0.500. The van der Waals surface area contributed by atoms with E-state index in [1.165, 1.54) is 0 Å². The summed E-state index contributed by atoms with van der Waals surface area (Å²) < 4.78 is 5.74. The molecule has 0 saturated heterocycles. The van der Waals surface area contributed by atoms with Gasteiger partial charge in [0.05, 0.1) is 12.1 Å². The Labute approximate surface area is 107 Å². The average Bonchev–Trinajstić information content (AvgIpc) is 2.78. The van der Waals surface area contributed by atoms with E-state index in [2.05, 4.69) is 16.8 Å². The second kappa shape index (κ2) is 5.50. The van der Waals surface area contributed by atoms with Crippen molar-refractivity contribution >= 4 is 11.1 Å². The highest BCUT2D eigenvalue weighted by Crippen LogP contribution is 2.23. The maximum atomic E-state index is 9.30. The van der Waals surface area contributed by atoms with Gasteiger partial charge in [0.15, 0.2) is 5.58 Å². The summed E-state index contributed by atoms with van der Waals surface area (Å²) in [6.45, 7) is 4.68. The lowest BCUT2D eigenvalue weighted by atomic mass is 10.2. The molecule has 0 bridgehead atoms. The quantitative estimate of drug-likeness (QED) is 0.883. The summed E-state index contributed by atoms with van der Waals surface area (Å²) in [5.41, 5.74) is 1.71. The van der Waals surface area contributed by atoms with Crippen LogP contribution in [0.1, 0.15) is 32.2 Å². The van der Waals surface area contributed by atoms with Crippen LogP contribution < -0.4 is 0 Å². The Morgan fingerprint density at radius 1 is 1.33 bits per heavy atom. The molecular weight excluding hydrogens is 228 g/mol. The summed E-state index contributed by atoms with van der Waals surface area (Å²) >= 11 is 0. The van der Waals surface area contributed by atoms with Gasteiger partial charge >= 0.3 is 0 Å². The van der Waals surface area contributed by atoms with Crippen LogP contribution in [0, 0.1) is 0 Å². The minimum Gasteiger partial charge on any atom is -0.439 e. The third kappa shape index (κ3) is 2.89. The zero-order valence-corrected chi connectivity index (χ0v) is 11.1. The topological polar surface area (TPSA) is 49.5 Å². The molecule has 98 valence electrons. The number of nitrogens with zero attached hydrogens (tertiary/aromatic N) is 2. The van der Waals surface area contributed by atoms with Crippen molar-refractivity contribution in [3.63, 3.8) is 0 Å². The Hall–Kier alpha value is -1.39. The van der Waals surface area contributed by atoms with Gasteiger partial charge in [-0.3, -0.25) is 4.90 Å². The number of fused-ring (bicyclic) bond motifs is 1. The Morgan fingerprint density at radius 3 is 2.72 bits per heavy atom. The van der Waals surface area contributed by atoms with Gasteiger partial charge in [0.2, 0.25) is 5.89 Å². The predicted molar refractivity (Wildman–Crippen MR) is 71.4 cm³/mol. The van der Waals surface area contributed by atoms with E-state index in [-0.39, 0.29) is 12.1 Å². The number of aliphatic hydroxyl groups excluding tert-OH is 1. The van der Waals surface area contributed by atoms with Gasteiger partial charge in [0.25, 0.3) is 0 Å². The molecule has 0 aliphatic heterocycles. The third-order valence-corrected chi connectivity index (χ3v) is 3.23. The number of benzene rings is 1. The highest BCUT2D eigenvalue weighted by Gasteiger charge is 2.17. The van der Waals surface area contributed by atoms with E-state index in [9.17, 15) is 5.11 Å². The van der Waals surface area contributed by atoms with Crippen molar-refractivity contribution in [1.82, 2.24) is 9.88 Å². The number of hydrogen-bond donors (Lipinski definition) is 1. The van der Waals surface area contributed by atoms with E-state index < -0.39 is 0 Å². The van der Waals surface area contributed by atoms with Gasteiger partial charge in [-0.05, 0) is 39.4 Å². The lowest BCUT2D eigenvalue weighted by Crippen LogP contribution is -2.25. The Morgan fingerprint density at radius 2 is 2.06 bits per heavy atom. The lowest BCUT2D eigenvalue weighted by Gasteiger charge is -2.22. The van der Waals surface area contributed by atoms with Crippen molar-refractivity contribution in [3.8, 4) is 0 Å². The first-order valence-corrected chi connectivity index (χ1v) is 6.31. The molecule has 1 aromatic heterocycles. The molecule has 1 N–H and O–H groups in total. The monoisotopic (exact) mass is 248 g/mol. The largest absolute Gasteiger partial charge is 0.439 e. The first-order valence-electron chi connectivity index (χ1n) is 6.31. The fourth-order valence-electron chi connectivity index (χ4n) is 1.84. The summed E-state index contributed by atoms with van der Waals surface area (Å²) in [5.74, 6) is 0.726. The molecule has 1 heterocycles. The van der Waals surface area contributed by atoms with E-state index in [1.807, 2.05) is 31.3 Å². The second-order valence-corrected chi connectivity index (χ2v) is 4.81. The van der Waals surface area contributed by atoms with Gasteiger partial charge < -0.3 is 9.52 Å². The first kappa shape index (κ1) is 13.1. The molecule has 4 nitrogen and oxygen atoms in total. The number of para-hydroxylation sites is 2. The van der Waals surface area contributed by atoms with Gasteiger partial charge in [-0.15, -0.1) is 0 Å². The molecule has 2 atom stereocenters. The molecule has 4 heteroatoms. The number of hydrogen-bond acceptors (Lipinski definition) is 4. The van der Waals surface area contributed by atoms with Crippen molar-refractivity contribution in [3.05, 3.63) is 30.2 Å². The maximum absolute atomic E-state index is 9.30. The van der Waals surface area contributed by atoms with Crippen LogP contribution in [-0.4, -0.2) is 34.7 Å². The third-order valence-electron chi connectivity index (χ3n) is 3.23. The predicted octanol–water partition coefficient (Wildman–Crippen LogP) is 2.59. The zero-order valence-electron chi connectivity index (χ0n) is 11.1. The molecule has 0 amide bonds. The fourth-order valence-corrected chi connectivity index (χ4v) is 1.84. The van der Waals surface area contributed by atoms with E-state index in [0.717, 1.165) is 30.0 Å². The van der Waals surface area contributed by atoms with Crippen LogP contribution in [0.25, 0.3) is 11.1 Å².